The molecule has 1 unspecified atom stereocenters. The number of nitrogens with one attached hydrogen (secondary N) is 1. The summed E-state index contributed by atoms with van der Waals surface area (Å²) in [5.41, 5.74) is 0. The highest BCUT2D eigenvalue weighted by molar-refractivity contribution is 4.79. The van der Waals surface area contributed by atoms with E-state index in [1.165, 1.54) is 32.2 Å². The highest BCUT2D eigenvalue weighted by Gasteiger charge is 2.08. The fourth-order valence-corrected chi connectivity index (χ4v) is 1.50. The topological polar surface area (TPSA) is 12.0 Å². The lowest BCUT2D eigenvalue weighted by molar-refractivity contribution is 0.515. The molecule has 1 nitrogen and oxygen atoms in total. The molecule has 0 aromatic heterocycles. The molecule has 1 saturated heterocycles. The van der Waals surface area contributed by atoms with Crippen LogP contribution in [0.2, 0.25) is 0 Å². The second-order valence-corrected chi connectivity index (χ2v) is 3.02. The van der Waals surface area contributed by atoms with Gasteiger partial charge < -0.3 is 5.32 Å². The Morgan fingerprint density at radius 2 is 2.30 bits per heavy atom. The van der Waals surface area contributed by atoms with Crippen LogP contribution in [0.15, 0.2) is 12.7 Å². The van der Waals surface area contributed by atoms with E-state index in [0.717, 1.165) is 12.5 Å². The molecule has 1 aliphatic rings. The van der Waals surface area contributed by atoms with Gasteiger partial charge in [0.25, 0.3) is 0 Å². The average molecular weight is 139 g/mol. The van der Waals surface area contributed by atoms with E-state index in [9.17, 15) is 0 Å². The van der Waals surface area contributed by atoms with Gasteiger partial charge in [0, 0.05) is 6.04 Å². The third-order valence-electron chi connectivity index (χ3n) is 2.11. The molecule has 0 spiro atoms. The van der Waals surface area contributed by atoms with Crippen LogP contribution in [0.25, 0.3) is 0 Å². The van der Waals surface area contributed by atoms with Crippen molar-refractivity contribution in [3.8, 4) is 0 Å². The molecule has 1 atom stereocenters. The first-order valence-corrected chi connectivity index (χ1v) is 4.28. The molecule has 0 aromatic rings. The van der Waals surface area contributed by atoms with Gasteiger partial charge in [-0.2, -0.15) is 0 Å². The summed E-state index contributed by atoms with van der Waals surface area (Å²) in [6, 6.07) is 0.722. The lowest BCUT2D eigenvalue weighted by Crippen LogP contribution is -2.27. The van der Waals surface area contributed by atoms with Crippen LogP contribution in [0.1, 0.15) is 32.1 Å². The monoisotopic (exact) mass is 139 g/mol. The number of rotatable bonds is 2. The van der Waals surface area contributed by atoms with Crippen molar-refractivity contribution >= 4 is 0 Å². The van der Waals surface area contributed by atoms with Crippen LogP contribution >= 0.6 is 0 Å². The van der Waals surface area contributed by atoms with E-state index in [4.69, 9.17) is 0 Å². The Hall–Kier alpha value is -0.300. The molecule has 1 N–H and O–H groups in total. The number of hydrogen-bond acceptors (Lipinski definition) is 1. The maximum atomic E-state index is 3.75. The molecule has 1 fully saturated rings. The van der Waals surface area contributed by atoms with Crippen LogP contribution in [0.5, 0.6) is 0 Å². The van der Waals surface area contributed by atoms with E-state index >= 15 is 0 Å². The highest BCUT2D eigenvalue weighted by Crippen LogP contribution is 2.10. The molecule has 0 radical (unpaired) electrons. The first kappa shape index (κ1) is 7.80. The van der Waals surface area contributed by atoms with Gasteiger partial charge in [0.05, 0.1) is 0 Å². The molecule has 1 heterocycles. The standard InChI is InChI=1S/C9H17N/c1-2-6-9-7-4-3-5-8-10-9/h2,9-10H,1,3-8H2. The van der Waals surface area contributed by atoms with E-state index in [1.807, 2.05) is 6.08 Å². The minimum absolute atomic E-state index is 0.722. The SMILES string of the molecule is C=CCC1CCCCCN1. The maximum Gasteiger partial charge on any atom is 0.0101 e. The summed E-state index contributed by atoms with van der Waals surface area (Å²) in [5.74, 6) is 0. The smallest absolute Gasteiger partial charge is 0.0101 e. The molecular weight excluding hydrogens is 122 g/mol. The molecule has 1 aliphatic heterocycles. The third kappa shape index (κ3) is 2.53. The van der Waals surface area contributed by atoms with Crippen molar-refractivity contribution in [2.45, 2.75) is 38.1 Å². The van der Waals surface area contributed by atoms with Gasteiger partial charge in [-0.15, -0.1) is 6.58 Å². The summed E-state index contributed by atoms with van der Waals surface area (Å²) in [7, 11) is 0. The van der Waals surface area contributed by atoms with E-state index in [-0.39, 0.29) is 0 Å². The fraction of sp³-hybridized carbons (Fsp3) is 0.778. The largest absolute Gasteiger partial charge is 0.314 e. The van der Waals surface area contributed by atoms with Crippen molar-refractivity contribution in [3.05, 3.63) is 12.7 Å². The predicted molar refractivity (Wildman–Crippen MR) is 45.1 cm³/mol. The van der Waals surface area contributed by atoms with Crippen LogP contribution in [-0.2, 0) is 0 Å². The lowest BCUT2D eigenvalue weighted by atomic mass is 10.1. The normalized spacial score (nSPS) is 27.4. The third-order valence-corrected chi connectivity index (χ3v) is 2.11. The van der Waals surface area contributed by atoms with Crippen molar-refractivity contribution < 1.29 is 0 Å². The quantitative estimate of drug-likeness (QED) is 0.578. The lowest BCUT2D eigenvalue weighted by Gasteiger charge is -2.11. The molecule has 0 aliphatic carbocycles. The van der Waals surface area contributed by atoms with Crippen molar-refractivity contribution in [3.63, 3.8) is 0 Å². The van der Waals surface area contributed by atoms with Gasteiger partial charge in [0.1, 0.15) is 0 Å². The summed E-state index contributed by atoms with van der Waals surface area (Å²) >= 11 is 0. The highest BCUT2D eigenvalue weighted by atomic mass is 14.9. The second-order valence-electron chi connectivity index (χ2n) is 3.02. The zero-order chi connectivity index (χ0) is 7.23. The van der Waals surface area contributed by atoms with Crippen molar-refractivity contribution in [1.29, 1.82) is 0 Å². The van der Waals surface area contributed by atoms with Gasteiger partial charge in [0.15, 0.2) is 0 Å². The minimum atomic E-state index is 0.722. The van der Waals surface area contributed by atoms with Crippen LogP contribution in [0.3, 0.4) is 0 Å². The van der Waals surface area contributed by atoms with E-state index in [0.29, 0.717) is 0 Å². The Kier molecular flexibility index (Phi) is 3.52. The molecule has 0 bridgehead atoms. The zero-order valence-electron chi connectivity index (χ0n) is 6.60. The second kappa shape index (κ2) is 4.51. The van der Waals surface area contributed by atoms with Crippen LogP contribution in [0, 0.1) is 0 Å². The van der Waals surface area contributed by atoms with Gasteiger partial charge in [-0.25, -0.2) is 0 Å². The molecule has 0 saturated carbocycles. The first-order valence-electron chi connectivity index (χ1n) is 4.28. The van der Waals surface area contributed by atoms with Crippen LogP contribution in [-0.4, -0.2) is 12.6 Å². The minimum Gasteiger partial charge on any atom is -0.314 e. The Bertz CT molecular complexity index is 90.9. The molecule has 1 heteroatoms. The molecule has 0 amide bonds. The maximum absolute atomic E-state index is 3.75. The van der Waals surface area contributed by atoms with Crippen molar-refractivity contribution in [2.24, 2.45) is 0 Å². The molecule has 0 aromatic carbocycles. The summed E-state index contributed by atoms with van der Waals surface area (Å²) < 4.78 is 0. The Balaban J connectivity index is 2.21. The molecule has 10 heavy (non-hydrogen) atoms. The van der Waals surface area contributed by atoms with E-state index < -0.39 is 0 Å². The van der Waals surface area contributed by atoms with Crippen LogP contribution < -0.4 is 5.32 Å². The van der Waals surface area contributed by atoms with Crippen molar-refractivity contribution in [1.82, 2.24) is 5.32 Å². The van der Waals surface area contributed by atoms with Gasteiger partial charge >= 0.3 is 0 Å². The Morgan fingerprint density at radius 1 is 1.40 bits per heavy atom. The summed E-state index contributed by atoms with van der Waals surface area (Å²) in [4.78, 5) is 0. The Labute approximate surface area is 63.5 Å². The summed E-state index contributed by atoms with van der Waals surface area (Å²) in [5, 5.41) is 3.51. The van der Waals surface area contributed by atoms with Crippen molar-refractivity contribution in [2.75, 3.05) is 6.54 Å². The van der Waals surface area contributed by atoms with E-state index in [2.05, 4.69) is 11.9 Å². The predicted octanol–water partition coefficient (Wildman–Crippen LogP) is 2.09. The van der Waals surface area contributed by atoms with E-state index in [1.54, 1.807) is 0 Å². The number of hydrogen-bond donors (Lipinski definition) is 1. The first-order chi connectivity index (χ1) is 4.93. The average Bonchev–Trinajstić information content (AvgIpc) is 2.17. The molecule has 1 rings (SSSR count). The van der Waals surface area contributed by atoms with Crippen LogP contribution in [0.4, 0.5) is 0 Å². The molecule has 58 valence electrons. The Morgan fingerprint density at radius 3 is 3.10 bits per heavy atom. The van der Waals surface area contributed by atoms with Gasteiger partial charge in [-0.1, -0.05) is 18.9 Å². The fourth-order valence-electron chi connectivity index (χ4n) is 1.50. The van der Waals surface area contributed by atoms with Gasteiger partial charge in [0.2, 0.25) is 0 Å². The van der Waals surface area contributed by atoms with Gasteiger partial charge in [-0.3, -0.25) is 0 Å². The molecular formula is C9H17N. The summed E-state index contributed by atoms with van der Waals surface area (Å²) in [6.07, 6.45) is 8.65. The summed E-state index contributed by atoms with van der Waals surface area (Å²) in [6.45, 7) is 4.95. The zero-order valence-corrected chi connectivity index (χ0v) is 6.60. The van der Waals surface area contributed by atoms with Gasteiger partial charge in [-0.05, 0) is 25.8 Å².